The summed E-state index contributed by atoms with van der Waals surface area (Å²) < 4.78 is 0.761. The Balaban J connectivity index is 2.86. The molecule has 1 unspecified atom stereocenters. The number of rotatable bonds is 3. The number of phenols is 1. The van der Waals surface area contributed by atoms with Gasteiger partial charge in [0.2, 0.25) is 0 Å². The van der Waals surface area contributed by atoms with Crippen LogP contribution in [0.25, 0.3) is 0 Å². The third-order valence-corrected chi connectivity index (χ3v) is 3.28. The molecular weight excluding hydrogens is 326 g/mol. The molecule has 0 heterocycles. The quantitative estimate of drug-likeness (QED) is 0.834. The topological polar surface area (TPSA) is 49.3 Å². The smallest absolute Gasteiger partial charge is 0.255 e. The fourth-order valence-corrected chi connectivity index (χ4v) is 1.55. The van der Waals surface area contributed by atoms with Crippen LogP contribution in [0, 0.1) is 0 Å². The van der Waals surface area contributed by atoms with Gasteiger partial charge in [-0.1, -0.05) is 31.9 Å². The van der Waals surface area contributed by atoms with Crippen LogP contribution in [0.15, 0.2) is 22.7 Å². The highest BCUT2D eigenvalue weighted by Gasteiger charge is 2.13. The molecule has 0 spiro atoms. The number of carbonyl (C=O) groups is 1. The molecule has 5 heteroatoms. The summed E-state index contributed by atoms with van der Waals surface area (Å²) >= 11 is 6.51. The Labute approximate surface area is 105 Å². The number of hydrogen-bond acceptors (Lipinski definition) is 2. The average molecular weight is 337 g/mol. The summed E-state index contributed by atoms with van der Waals surface area (Å²) in [5, 5.41) is 12.9. The van der Waals surface area contributed by atoms with Crippen molar-refractivity contribution in [2.24, 2.45) is 0 Å². The molecule has 0 bridgehead atoms. The number of amides is 1. The molecule has 1 rings (SSSR count). The summed E-state index contributed by atoms with van der Waals surface area (Å²) in [6, 6.07) is 4.78. The van der Waals surface area contributed by atoms with Crippen molar-refractivity contribution in [3.05, 3.63) is 28.2 Å². The molecular formula is C10H11Br2NO2. The van der Waals surface area contributed by atoms with Gasteiger partial charge in [0.05, 0.1) is 5.56 Å². The minimum atomic E-state index is -0.277. The minimum absolute atomic E-state index is 0.0162. The minimum Gasteiger partial charge on any atom is -0.507 e. The first kappa shape index (κ1) is 12.5. The Morgan fingerprint density at radius 1 is 1.60 bits per heavy atom. The molecule has 2 N–H and O–H groups in total. The van der Waals surface area contributed by atoms with Gasteiger partial charge in [0.1, 0.15) is 5.75 Å². The van der Waals surface area contributed by atoms with Gasteiger partial charge in [-0.25, -0.2) is 0 Å². The molecule has 0 saturated heterocycles. The van der Waals surface area contributed by atoms with Gasteiger partial charge in [-0.3, -0.25) is 4.79 Å². The number of halogens is 2. The van der Waals surface area contributed by atoms with E-state index in [1.807, 2.05) is 6.92 Å². The van der Waals surface area contributed by atoms with Crippen molar-refractivity contribution in [2.75, 3.05) is 5.33 Å². The number of phenolic OH excluding ortho intramolecular Hbond substituents is 1. The van der Waals surface area contributed by atoms with E-state index >= 15 is 0 Å². The van der Waals surface area contributed by atoms with Gasteiger partial charge < -0.3 is 10.4 Å². The molecule has 0 radical (unpaired) electrons. The first-order valence-electron chi connectivity index (χ1n) is 4.40. The van der Waals surface area contributed by atoms with E-state index in [-0.39, 0.29) is 23.3 Å². The molecule has 15 heavy (non-hydrogen) atoms. The highest BCUT2D eigenvalue weighted by atomic mass is 79.9. The van der Waals surface area contributed by atoms with Crippen LogP contribution in [0.2, 0.25) is 0 Å². The summed E-state index contributed by atoms with van der Waals surface area (Å²) in [5.41, 5.74) is 0.275. The molecule has 1 amide bonds. The van der Waals surface area contributed by atoms with Crippen molar-refractivity contribution in [1.29, 1.82) is 0 Å². The highest BCUT2D eigenvalue weighted by molar-refractivity contribution is 9.10. The van der Waals surface area contributed by atoms with Crippen LogP contribution >= 0.6 is 31.9 Å². The second-order valence-corrected chi connectivity index (χ2v) is 4.75. The van der Waals surface area contributed by atoms with Crippen LogP contribution in [0.3, 0.4) is 0 Å². The first-order valence-corrected chi connectivity index (χ1v) is 6.31. The lowest BCUT2D eigenvalue weighted by molar-refractivity contribution is 0.0941. The lowest BCUT2D eigenvalue weighted by atomic mass is 10.2. The van der Waals surface area contributed by atoms with Gasteiger partial charge in [0.15, 0.2) is 0 Å². The maximum absolute atomic E-state index is 11.7. The van der Waals surface area contributed by atoms with Crippen molar-refractivity contribution in [1.82, 2.24) is 5.32 Å². The summed E-state index contributed by atoms with van der Waals surface area (Å²) in [4.78, 5) is 11.7. The maximum Gasteiger partial charge on any atom is 0.255 e. The number of alkyl halides is 1. The van der Waals surface area contributed by atoms with E-state index < -0.39 is 0 Å². The third kappa shape index (κ3) is 3.50. The van der Waals surface area contributed by atoms with E-state index in [1.54, 1.807) is 12.1 Å². The molecule has 0 aromatic heterocycles. The largest absolute Gasteiger partial charge is 0.507 e. The normalized spacial score (nSPS) is 12.2. The average Bonchev–Trinajstić information content (AvgIpc) is 2.21. The SMILES string of the molecule is CC(CBr)NC(=O)c1cc(Br)ccc1O. The Hall–Kier alpha value is -0.550. The summed E-state index contributed by atoms with van der Waals surface area (Å²) in [5.74, 6) is -0.293. The molecule has 1 aromatic rings. The van der Waals surface area contributed by atoms with Crippen LogP contribution in [0.1, 0.15) is 17.3 Å². The van der Waals surface area contributed by atoms with E-state index in [9.17, 15) is 9.90 Å². The number of hydrogen-bond donors (Lipinski definition) is 2. The Morgan fingerprint density at radius 3 is 2.87 bits per heavy atom. The van der Waals surface area contributed by atoms with Crippen LogP contribution in [0.5, 0.6) is 5.75 Å². The third-order valence-electron chi connectivity index (χ3n) is 1.81. The Kier molecular flexibility index (Phi) is 4.60. The second-order valence-electron chi connectivity index (χ2n) is 3.19. The molecule has 0 aliphatic carbocycles. The van der Waals surface area contributed by atoms with Gasteiger partial charge in [0.25, 0.3) is 5.91 Å². The zero-order chi connectivity index (χ0) is 11.4. The molecule has 0 aliphatic heterocycles. The van der Waals surface area contributed by atoms with E-state index in [2.05, 4.69) is 37.2 Å². The highest BCUT2D eigenvalue weighted by Crippen LogP contribution is 2.21. The second kappa shape index (κ2) is 5.51. The lowest BCUT2D eigenvalue weighted by Crippen LogP contribution is -2.33. The van der Waals surface area contributed by atoms with Crippen molar-refractivity contribution in [3.63, 3.8) is 0 Å². The predicted molar refractivity (Wildman–Crippen MR) is 66.5 cm³/mol. The van der Waals surface area contributed by atoms with E-state index in [4.69, 9.17) is 0 Å². The summed E-state index contributed by atoms with van der Waals surface area (Å²) in [6.07, 6.45) is 0. The Bertz CT molecular complexity index is 368. The summed E-state index contributed by atoms with van der Waals surface area (Å²) in [6.45, 7) is 1.88. The molecule has 82 valence electrons. The fourth-order valence-electron chi connectivity index (χ4n) is 1.03. The Morgan fingerprint density at radius 2 is 2.27 bits per heavy atom. The van der Waals surface area contributed by atoms with E-state index in [0.717, 1.165) is 4.47 Å². The number of nitrogens with one attached hydrogen (secondary N) is 1. The van der Waals surface area contributed by atoms with Gasteiger partial charge in [-0.15, -0.1) is 0 Å². The zero-order valence-electron chi connectivity index (χ0n) is 8.13. The summed E-state index contributed by atoms with van der Waals surface area (Å²) in [7, 11) is 0. The first-order chi connectivity index (χ1) is 7.04. The van der Waals surface area contributed by atoms with Crippen molar-refractivity contribution in [3.8, 4) is 5.75 Å². The molecule has 0 aliphatic rings. The van der Waals surface area contributed by atoms with Crippen LogP contribution in [0.4, 0.5) is 0 Å². The lowest BCUT2D eigenvalue weighted by Gasteiger charge is -2.11. The van der Waals surface area contributed by atoms with Crippen LogP contribution in [-0.2, 0) is 0 Å². The van der Waals surface area contributed by atoms with Gasteiger partial charge in [-0.2, -0.15) is 0 Å². The molecule has 0 saturated carbocycles. The number of aromatic hydroxyl groups is 1. The molecule has 3 nitrogen and oxygen atoms in total. The standard InChI is InChI=1S/C10H11Br2NO2/c1-6(5-11)13-10(15)8-4-7(12)2-3-9(8)14/h2-4,6,14H,5H2,1H3,(H,13,15). The molecule has 0 fully saturated rings. The zero-order valence-corrected chi connectivity index (χ0v) is 11.3. The van der Waals surface area contributed by atoms with Crippen molar-refractivity contribution in [2.45, 2.75) is 13.0 Å². The van der Waals surface area contributed by atoms with Crippen LogP contribution < -0.4 is 5.32 Å². The van der Waals surface area contributed by atoms with Crippen molar-refractivity contribution < 1.29 is 9.90 Å². The van der Waals surface area contributed by atoms with Gasteiger partial charge >= 0.3 is 0 Å². The monoisotopic (exact) mass is 335 g/mol. The van der Waals surface area contributed by atoms with Crippen molar-refractivity contribution >= 4 is 37.8 Å². The number of carbonyl (C=O) groups excluding carboxylic acids is 1. The van der Waals surface area contributed by atoms with E-state index in [0.29, 0.717) is 5.33 Å². The molecule has 1 aromatic carbocycles. The van der Waals surface area contributed by atoms with Gasteiger partial charge in [0, 0.05) is 15.8 Å². The van der Waals surface area contributed by atoms with Gasteiger partial charge in [-0.05, 0) is 25.1 Å². The fraction of sp³-hybridized carbons (Fsp3) is 0.300. The van der Waals surface area contributed by atoms with E-state index in [1.165, 1.54) is 6.07 Å². The predicted octanol–water partition coefficient (Wildman–Crippen LogP) is 2.67. The maximum atomic E-state index is 11.7. The number of benzene rings is 1. The van der Waals surface area contributed by atoms with Crippen LogP contribution in [-0.4, -0.2) is 22.4 Å². The molecule has 1 atom stereocenters.